The second kappa shape index (κ2) is 11.6. The lowest BCUT2D eigenvalue weighted by atomic mass is 10.1. The Balaban J connectivity index is 1.59. The second-order valence-corrected chi connectivity index (χ2v) is 8.45. The van der Waals surface area contributed by atoms with Crippen LogP contribution < -0.4 is 19.5 Å². The van der Waals surface area contributed by atoms with Crippen LogP contribution in [0.15, 0.2) is 66.7 Å². The summed E-state index contributed by atoms with van der Waals surface area (Å²) in [6.45, 7) is 4.19. The highest BCUT2D eigenvalue weighted by Crippen LogP contribution is 2.31. The summed E-state index contributed by atoms with van der Waals surface area (Å²) >= 11 is 0. The van der Waals surface area contributed by atoms with Gasteiger partial charge >= 0.3 is 5.97 Å². The number of hydrogen-bond donors (Lipinski definition) is 2. The van der Waals surface area contributed by atoms with Crippen LogP contribution in [-0.2, 0) is 19.5 Å². The van der Waals surface area contributed by atoms with Gasteiger partial charge in [0.1, 0.15) is 22.9 Å². The fourth-order valence-electron chi connectivity index (χ4n) is 4.39. The van der Waals surface area contributed by atoms with Crippen LogP contribution in [-0.4, -0.2) is 43.0 Å². The SMILES string of the molecule is CCOc1ccc(CCNCc2c(C(=O)O)n(Cc3ccc(OC)cc3)c3cc(OC)ccc23)cc1. The number of methoxy groups -OCH3 is 2. The van der Waals surface area contributed by atoms with E-state index in [1.165, 1.54) is 5.56 Å². The maximum absolute atomic E-state index is 12.5. The molecule has 0 amide bonds. The third-order valence-electron chi connectivity index (χ3n) is 6.21. The van der Waals surface area contributed by atoms with Crippen molar-refractivity contribution in [2.75, 3.05) is 27.4 Å². The summed E-state index contributed by atoms with van der Waals surface area (Å²) < 4.78 is 18.1. The average molecular weight is 489 g/mol. The number of fused-ring (bicyclic) bond motifs is 1. The smallest absolute Gasteiger partial charge is 0.352 e. The minimum absolute atomic E-state index is 0.280. The summed E-state index contributed by atoms with van der Waals surface area (Å²) in [6.07, 6.45) is 0.827. The largest absolute Gasteiger partial charge is 0.497 e. The number of rotatable bonds is 12. The number of benzene rings is 3. The Bertz CT molecular complexity index is 1310. The van der Waals surface area contributed by atoms with Crippen molar-refractivity contribution in [3.8, 4) is 17.2 Å². The summed E-state index contributed by atoms with van der Waals surface area (Å²) in [5.74, 6) is 1.35. The first kappa shape index (κ1) is 25.1. The molecule has 0 radical (unpaired) electrons. The molecule has 0 aliphatic carbocycles. The molecule has 0 aliphatic rings. The first-order valence-corrected chi connectivity index (χ1v) is 12.0. The lowest BCUT2D eigenvalue weighted by Crippen LogP contribution is -2.19. The number of hydrogen-bond acceptors (Lipinski definition) is 5. The molecule has 1 aromatic heterocycles. The van der Waals surface area contributed by atoms with Crippen LogP contribution in [0.1, 0.15) is 34.1 Å². The van der Waals surface area contributed by atoms with Crippen LogP contribution in [0.2, 0.25) is 0 Å². The molecule has 4 rings (SSSR count). The minimum Gasteiger partial charge on any atom is -0.497 e. The van der Waals surface area contributed by atoms with Crippen LogP contribution in [0.5, 0.6) is 17.2 Å². The molecule has 0 saturated heterocycles. The molecule has 36 heavy (non-hydrogen) atoms. The number of aromatic nitrogens is 1. The van der Waals surface area contributed by atoms with Crippen LogP contribution in [0.3, 0.4) is 0 Å². The summed E-state index contributed by atoms with van der Waals surface area (Å²) in [5.41, 5.74) is 4.04. The topological polar surface area (TPSA) is 82.0 Å². The molecular formula is C29H32N2O5. The zero-order chi connectivity index (χ0) is 25.5. The van der Waals surface area contributed by atoms with Crippen LogP contribution in [0, 0.1) is 0 Å². The molecule has 0 bridgehead atoms. The van der Waals surface area contributed by atoms with Crippen LogP contribution >= 0.6 is 0 Å². The summed E-state index contributed by atoms with van der Waals surface area (Å²) in [4.78, 5) is 12.5. The van der Waals surface area contributed by atoms with Gasteiger partial charge in [0.15, 0.2) is 0 Å². The van der Waals surface area contributed by atoms with E-state index < -0.39 is 5.97 Å². The Morgan fingerprint density at radius 1 is 0.889 bits per heavy atom. The fourth-order valence-corrected chi connectivity index (χ4v) is 4.39. The monoisotopic (exact) mass is 488 g/mol. The van der Waals surface area contributed by atoms with E-state index in [0.29, 0.717) is 32.0 Å². The Morgan fingerprint density at radius 2 is 1.53 bits per heavy atom. The van der Waals surface area contributed by atoms with E-state index in [-0.39, 0.29) is 5.69 Å². The van der Waals surface area contributed by atoms with E-state index in [4.69, 9.17) is 14.2 Å². The second-order valence-electron chi connectivity index (χ2n) is 8.45. The van der Waals surface area contributed by atoms with Crippen molar-refractivity contribution in [1.29, 1.82) is 0 Å². The average Bonchev–Trinajstić information content (AvgIpc) is 3.20. The molecule has 2 N–H and O–H groups in total. The molecule has 0 unspecified atom stereocenters. The van der Waals surface area contributed by atoms with E-state index in [2.05, 4.69) is 17.4 Å². The zero-order valence-corrected chi connectivity index (χ0v) is 20.9. The van der Waals surface area contributed by atoms with Gasteiger partial charge in [0.25, 0.3) is 0 Å². The highest BCUT2D eigenvalue weighted by atomic mass is 16.5. The molecule has 0 atom stereocenters. The lowest BCUT2D eigenvalue weighted by molar-refractivity contribution is 0.0684. The molecule has 0 spiro atoms. The molecule has 188 valence electrons. The van der Waals surface area contributed by atoms with Crippen molar-refractivity contribution in [1.82, 2.24) is 9.88 Å². The van der Waals surface area contributed by atoms with Crippen molar-refractivity contribution in [3.63, 3.8) is 0 Å². The van der Waals surface area contributed by atoms with Crippen molar-refractivity contribution in [2.45, 2.75) is 26.4 Å². The van der Waals surface area contributed by atoms with Gasteiger partial charge < -0.3 is 29.2 Å². The standard InChI is InChI=1S/C29H32N2O5/c1-4-36-23-11-5-20(6-12-23)15-16-30-18-26-25-14-13-24(35-3)17-27(25)31(28(26)29(32)33)19-21-7-9-22(34-2)10-8-21/h5-14,17,30H,4,15-16,18-19H2,1-3H3,(H,32,33). The van der Waals surface area contributed by atoms with Gasteiger partial charge in [0.2, 0.25) is 0 Å². The number of nitrogens with one attached hydrogen (secondary N) is 1. The van der Waals surface area contributed by atoms with Gasteiger partial charge in [-0.15, -0.1) is 0 Å². The first-order chi connectivity index (χ1) is 17.5. The Labute approximate surface area is 211 Å². The van der Waals surface area contributed by atoms with Crippen LogP contribution in [0.25, 0.3) is 10.9 Å². The number of carboxylic acid groups (broad SMARTS) is 1. The van der Waals surface area contributed by atoms with Crippen LogP contribution in [0.4, 0.5) is 0 Å². The van der Waals surface area contributed by atoms with Gasteiger partial charge in [-0.05, 0) is 67.4 Å². The Kier molecular flexibility index (Phi) is 8.13. The van der Waals surface area contributed by atoms with Gasteiger partial charge in [-0.3, -0.25) is 0 Å². The zero-order valence-electron chi connectivity index (χ0n) is 20.9. The fraction of sp³-hybridized carbons (Fsp3) is 0.276. The molecule has 3 aromatic carbocycles. The lowest BCUT2D eigenvalue weighted by Gasteiger charge is -2.11. The number of carbonyl (C=O) groups is 1. The quantitative estimate of drug-likeness (QED) is 0.269. The number of ether oxygens (including phenoxy) is 3. The summed E-state index contributed by atoms with van der Waals surface area (Å²) in [6, 6.07) is 21.4. The molecule has 4 aromatic rings. The summed E-state index contributed by atoms with van der Waals surface area (Å²) in [5, 5.41) is 14.6. The molecule has 7 heteroatoms. The van der Waals surface area contributed by atoms with Gasteiger partial charge in [0.05, 0.1) is 26.3 Å². The molecule has 7 nitrogen and oxygen atoms in total. The highest BCUT2D eigenvalue weighted by Gasteiger charge is 2.23. The maximum atomic E-state index is 12.5. The third-order valence-corrected chi connectivity index (χ3v) is 6.21. The highest BCUT2D eigenvalue weighted by molar-refractivity contribution is 5.98. The van der Waals surface area contributed by atoms with Crippen molar-refractivity contribution in [2.24, 2.45) is 0 Å². The molecule has 0 saturated carbocycles. The van der Waals surface area contributed by atoms with E-state index in [0.717, 1.165) is 39.9 Å². The van der Waals surface area contributed by atoms with E-state index in [1.807, 2.05) is 66.1 Å². The van der Waals surface area contributed by atoms with Crippen molar-refractivity contribution < 1.29 is 24.1 Å². The van der Waals surface area contributed by atoms with Gasteiger partial charge in [-0.25, -0.2) is 4.79 Å². The normalized spacial score (nSPS) is 11.0. The van der Waals surface area contributed by atoms with Gasteiger partial charge in [0, 0.05) is 30.1 Å². The summed E-state index contributed by atoms with van der Waals surface area (Å²) in [7, 11) is 3.23. The predicted molar refractivity (Wildman–Crippen MR) is 141 cm³/mol. The Morgan fingerprint density at radius 3 is 2.17 bits per heavy atom. The van der Waals surface area contributed by atoms with Gasteiger partial charge in [-0.1, -0.05) is 24.3 Å². The number of aromatic carboxylic acids is 1. The van der Waals surface area contributed by atoms with E-state index in [9.17, 15) is 9.90 Å². The third kappa shape index (κ3) is 5.63. The minimum atomic E-state index is -0.956. The van der Waals surface area contributed by atoms with Gasteiger partial charge in [-0.2, -0.15) is 0 Å². The van der Waals surface area contributed by atoms with E-state index in [1.54, 1.807) is 14.2 Å². The molecule has 1 heterocycles. The maximum Gasteiger partial charge on any atom is 0.352 e. The Hall–Kier alpha value is -3.97. The van der Waals surface area contributed by atoms with Crippen molar-refractivity contribution >= 4 is 16.9 Å². The van der Waals surface area contributed by atoms with E-state index >= 15 is 0 Å². The molecule has 0 aliphatic heterocycles. The number of nitrogens with zero attached hydrogens (tertiary/aromatic N) is 1. The predicted octanol–water partition coefficient (Wildman–Crippen LogP) is 5.14. The molecular weight excluding hydrogens is 456 g/mol. The molecule has 0 fully saturated rings. The first-order valence-electron chi connectivity index (χ1n) is 12.0. The number of carboxylic acids is 1. The van der Waals surface area contributed by atoms with Crippen molar-refractivity contribution in [3.05, 3.63) is 89.1 Å².